The molecule has 7 atom stereocenters. The number of rotatable bonds is 31. The van der Waals surface area contributed by atoms with E-state index in [1.165, 1.54) is 57.8 Å². The van der Waals surface area contributed by atoms with Crippen LogP contribution >= 0.6 is 0 Å². The molecule has 0 aromatic heterocycles. The molecule has 1 rings (SSSR count). The first-order chi connectivity index (χ1) is 24.3. The number of allylic oxidation sites excluding steroid dienone is 7. The van der Waals surface area contributed by atoms with E-state index >= 15 is 0 Å². The zero-order valence-corrected chi connectivity index (χ0v) is 31.4. The van der Waals surface area contributed by atoms with E-state index < -0.39 is 49.5 Å². The molecule has 0 bridgehead atoms. The van der Waals surface area contributed by atoms with Crippen LogP contribution in [-0.2, 0) is 14.3 Å². The topological polar surface area (TPSA) is 149 Å². The van der Waals surface area contributed by atoms with Crippen molar-refractivity contribution in [2.45, 2.75) is 192 Å². The summed E-state index contributed by atoms with van der Waals surface area (Å²) in [5.41, 5.74) is 0. The molecule has 1 heterocycles. The lowest BCUT2D eigenvalue weighted by molar-refractivity contribution is -0.302. The van der Waals surface area contributed by atoms with Crippen molar-refractivity contribution in [2.75, 3.05) is 13.2 Å². The average Bonchev–Trinajstić information content (AvgIpc) is 3.11. The Bertz CT molecular complexity index is 920. The van der Waals surface area contributed by atoms with Crippen LogP contribution in [0, 0.1) is 0 Å². The Morgan fingerprint density at radius 1 is 0.660 bits per heavy atom. The predicted molar refractivity (Wildman–Crippen MR) is 203 cm³/mol. The lowest BCUT2D eigenvalue weighted by Gasteiger charge is -2.40. The number of aliphatic hydroxyl groups is 5. The van der Waals surface area contributed by atoms with Crippen molar-refractivity contribution in [3.05, 3.63) is 48.6 Å². The quantitative estimate of drug-likeness (QED) is 0.0330. The van der Waals surface area contributed by atoms with Crippen LogP contribution in [-0.4, -0.2) is 87.5 Å². The third kappa shape index (κ3) is 22.9. The van der Waals surface area contributed by atoms with Crippen LogP contribution in [0.2, 0.25) is 0 Å². The van der Waals surface area contributed by atoms with E-state index in [0.717, 1.165) is 70.6 Å². The van der Waals surface area contributed by atoms with E-state index in [1.807, 2.05) is 6.08 Å². The first-order valence-corrected chi connectivity index (χ1v) is 19.9. The third-order valence-corrected chi connectivity index (χ3v) is 9.10. The normalized spacial score (nSPS) is 22.7. The Morgan fingerprint density at radius 3 is 1.74 bits per heavy atom. The molecule has 0 spiro atoms. The van der Waals surface area contributed by atoms with Gasteiger partial charge in [0, 0.05) is 6.42 Å². The van der Waals surface area contributed by atoms with Crippen molar-refractivity contribution in [3.63, 3.8) is 0 Å². The molecule has 0 aliphatic carbocycles. The second-order valence-electron chi connectivity index (χ2n) is 13.7. The largest absolute Gasteiger partial charge is 0.394 e. The Kier molecular flexibility index (Phi) is 29.4. The number of hydrogen-bond acceptors (Lipinski definition) is 8. The molecule has 1 aliphatic heterocycles. The lowest BCUT2D eigenvalue weighted by atomic mass is 9.99. The molecule has 9 nitrogen and oxygen atoms in total. The highest BCUT2D eigenvalue weighted by molar-refractivity contribution is 5.76. The van der Waals surface area contributed by atoms with E-state index in [-0.39, 0.29) is 12.5 Å². The van der Waals surface area contributed by atoms with E-state index in [2.05, 4.69) is 55.6 Å². The van der Waals surface area contributed by atoms with Gasteiger partial charge in [-0.25, -0.2) is 0 Å². The molecule has 1 amide bonds. The standard InChI is InChI=1S/C41H73NO8/c1-3-5-7-9-11-13-15-17-18-19-21-23-25-27-29-31-37(45)42-34(33-49-41-40(48)39(47)38(46)36(32-43)50-41)35(44)30-28-26-24-22-20-16-14-12-10-8-6-4-2/h10,12,17-18,20,22,28,30,34-36,38-41,43-44,46-48H,3-9,11,13-16,19,21,23-27,29,31-33H2,1-2H3,(H,42,45)/b12-10+,18-17-,22-20+,30-28+. The van der Waals surface area contributed by atoms with E-state index in [4.69, 9.17) is 9.47 Å². The van der Waals surface area contributed by atoms with Gasteiger partial charge in [0.05, 0.1) is 25.4 Å². The second kappa shape index (κ2) is 31.9. The zero-order valence-electron chi connectivity index (χ0n) is 31.4. The maximum Gasteiger partial charge on any atom is 0.220 e. The second-order valence-corrected chi connectivity index (χ2v) is 13.7. The van der Waals surface area contributed by atoms with Crippen molar-refractivity contribution >= 4 is 5.91 Å². The molecule has 1 fully saturated rings. The summed E-state index contributed by atoms with van der Waals surface area (Å²) in [4.78, 5) is 12.9. The predicted octanol–water partition coefficient (Wildman–Crippen LogP) is 7.11. The summed E-state index contributed by atoms with van der Waals surface area (Å²) in [6, 6.07) is -0.829. The van der Waals surface area contributed by atoms with Gasteiger partial charge in [-0.05, 0) is 64.2 Å². The first kappa shape index (κ1) is 46.2. The monoisotopic (exact) mass is 708 g/mol. The summed E-state index contributed by atoms with van der Waals surface area (Å²) in [6.45, 7) is 3.66. The molecule has 0 aromatic carbocycles. The summed E-state index contributed by atoms with van der Waals surface area (Å²) in [5, 5.41) is 53.9. The van der Waals surface area contributed by atoms with Crippen molar-refractivity contribution in [2.24, 2.45) is 0 Å². The van der Waals surface area contributed by atoms with Gasteiger partial charge < -0.3 is 40.3 Å². The molecule has 0 saturated carbocycles. The molecule has 50 heavy (non-hydrogen) atoms. The van der Waals surface area contributed by atoms with Gasteiger partial charge in [0.15, 0.2) is 6.29 Å². The van der Waals surface area contributed by atoms with E-state index in [1.54, 1.807) is 6.08 Å². The summed E-state index contributed by atoms with van der Waals surface area (Å²) in [6.07, 6.45) is 31.5. The van der Waals surface area contributed by atoms with Crippen molar-refractivity contribution < 1.29 is 39.8 Å². The summed E-state index contributed by atoms with van der Waals surface area (Å²) in [7, 11) is 0. The van der Waals surface area contributed by atoms with Crippen LogP contribution in [0.1, 0.15) is 149 Å². The van der Waals surface area contributed by atoms with Crippen LogP contribution in [0.3, 0.4) is 0 Å². The molecule has 9 heteroatoms. The van der Waals surface area contributed by atoms with Crippen molar-refractivity contribution in [1.29, 1.82) is 0 Å². The van der Waals surface area contributed by atoms with Gasteiger partial charge in [0.1, 0.15) is 24.4 Å². The third-order valence-electron chi connectivity index (χ3n) is 9.10. The number of unbranched alkanes of at least 4 members (excludes halogenated alkanes) is 15. The number of carbonyl (C=O) groups excluding carboxylic acids is 1. The molecule has 0 radical (unpaired) electrons. The Labute approximate surface area is 303 Å². The van der Waals surface area contributed by atoms with Gasteiger partial charge in [-0.2, -0.15) is 0 Å². The minimum atomic E-state index is -1.57. The fourth-order valence-corrected chi connectivity index (χ4v) is 5.81. The molecule has 290 valence electrons. The fraction of sp³-hybridized carbons (Fsp3) is 0.780. The number of hydrogen-bond donors (Lipinski definition) is 6. The maximum absolute atomic E-state index is 12.9. The highest BCUT2D eigenvalue weighted by Crippen LogP contribution is 2.22. The molecule has 1 saturated heterocycles. The number of nitrogens with one attached hydrogen (secondary N) is 1. The Morgan fingerprint density at radius 2 is 1.16 bits per heavy atom. The maximum atomic E-state index is 12.9. The van der Waals surface area contributed by atoms with Crippen LogP contribution < -0.4 is 5.32 Å². The Hall–Kier alpha value is -1.85. The first-order valence-electron chi connectivity index (χ1n) is 19.9. The molecular formula is C41H73NO8. The Balaban J connectivity index is 2.48. The van der Waals surface area contributed by atoms with Gasteiger partial charge in [0.25, 0.3) is 0 Å². The number of aliphatic hydroxyl groups excluding tert-OH is 5. The van der Waals surface area contributed by atoms with Crippen molar-refractivity contribution in [3.8, 4) is 0 Å². The van der Waals surface area contributed by atoms with Gasteiger partial charge >= 0.3 is 0 Å². The minimum Gasteiger partial charge on any atom is -0.394 e. The molecule has 7 unspecified atom stereocenters. The van der Waals surface area contributed by atoms with Gasteiger partial charge in [-0.1, -0.05) is 127 Å². The summed E-state index contributed by atoms with van der Waals surface area (Å²) >= 11 is 0. The van der Waals surface area contributed by atoms with Gasteiger partial charge in [-0.15, -0.1) is 0 Å². The smallest absolute Gasteiger partial charge is 0.220 e. The average molecular weight is 708 g/mol. The van der Waals surface area contributed by atoms with Gasteiger partial charge in [0.2, 0.25) is 5.91 Å². The lowest BCUT2D eigenvalue weighted by Crippen LogP contribution is -2.60. The molecule has 1 aliphatic rings. The van der Waals surface area contributed by atoms with Crippen LogP contribution in [0.5, 0.6) is 0 Å². The minimum absolute atomic E-state index is 0.204. The van der Waals surface area contributed by atoms with Gasteiger partial charge in [-0.3, -0.25) is 4.79 Å². The molecular weight excluding hydrogens is 634 g/mol. The number of ether oxygens (including phenoxy) is 2. The highest BCUT2D eigenvalue weighted by Gasteiger charge is 2.44. The number of amides is 1. The van der Waals surface area contributed by atoms with Crippen LogP contribution in [0.4, 0.5) is 0 Å². The van der Waals surface area contributed by atoms with Crippen LogP contribution in [0.15, 0.2) is 48.6 Å². The highest BCUT2D eigenvalue weighted by atomic mass is 16.7. The number of carbonyl (C=O) groups is 1. The van der Waals surface area contributed by atoms with E-state index in [9.17, 15) is 30.3 Å². The van der Waals surface area contributed by atoms with Crippen LogP contribution in [0.25, 0.3) is 0 Å². The molecule has 6 N–H and O–H groups in total. The fourth-order valence-electron chi connectivity index (χ4n) is 5.81. The SMILES string of the molecule is CCCC/C=C/CC/C=C/CC/C=C/C(O)C(COC1OC(CO)C(O)C(O)C1O)NC(=O)CCCCCCC/C=C\CCCCCCCC. The van der Waals surface area contributed by atoms with Crippen molar-refractivity contribution in [1.82, 2.24) is 5.32 Å². The summed E-state index contributed by atoms with van der Waals surface area (Å²) < 4.78 is 11.1. The summed E-state index contributed by atoms with van der Waals surface area (Å²) in [5.74, 6) is -0.204. The van der Waals surface area contributed by atoms with E-state index in [0.29, 0.717) is 6.42 Å². The molecule has 0 aromatic rings. The zero-order chi connectivity index (χ0) is 36.7.